The summed E-state index contributed by atoms with van der Waals surface area (Å²) in [5, 5.41) is 16.5. The van der Waals surface area contributed by atoms with Crippen molar-refractivity contribution in [3.63, 3.8) is 0 Å². The first-order valence-electron chi connectivity index (χ1n) is 5.34. The average Bonchev–Trinajstić information content (AvgIpc) is 2.16. The topological polar surface area (TPSA) is 73.3 Å². The van der Waals surface area contributed by atoms with E-state index in [0.29, 0.717) is 6.42 Å². The molecule has 0 aromatic heterocycles. The first-order chi connectivity index (χ1) is 6.65. The molecule has 1 fully saturated rings. The third kappa shape index (κ3) is 2.96. The van der Waals surface area contributed by atoms with Crippen LogP contribution in [0.1, 0.15) is 32.6 Å². The number of rotatable bonds is 4. The van der Waals surface area contributed by atoms with E-state index in [-0.39, 0.29) is 24.5 Å². The molecule has 0 spiro atoms. The molecule has 0 radical (unpaired) electrons. The van der Waals surface area contributed by atoms with Crippen LogP contribution in [-0.2, 0) is 0 Å². The van der Waals surface area contributed by atoms with Gasteiger partial charge in [0.15, 0.2) is 0 Å². The molecular weight excluding hydrogens is 178 g/mol. The van der Waals surface area contributed by atoms with Gasteiger partial charge >= 0.3 is 0 Å². The predicted octanol–water partition coefficient (Wildman–Crippen LogP) is 0.548. The lowest BCUT2D eigenvalue weighted by Crippen LogP contribution is -2.47. The summed E-state index contributed by atoms with van der Waals surface area (Å²) in [5.41, 5.74) is 5.38. The van der Waals surface area contributed by atoms with Gasteiger partial charge in [0.1, 0.15) is 0 Å². The minimum Gasteiger partial charge on any atom is -0.395 e. The zero-order chi connectivity index (χ0) is 10.6. The molecule has 0 aromatic carbocycles. The molecule has 1 rings (SSSR count). The maximum absolute atomic E-state index is 9.22. The molecule has 0 amide bonds. The smallest absolute Gasteiger partial charge is 0.0920 e. The number of hydrogen-bond donors (Lipinski definition) is 3. The van der Waals surface area contributed by atoms with Crippen LogP contribution in [0.4, 0.5) is 0 Å². The van der Waals surface area contributed by atoms with Gasteiger partial charge in [-0.15, -0.1) is 0 Å². The van der Waals surface area contributed by atoms with Gasteiger partial charge in [-0.05, 0) is 26.3 Å². The van der Waals surface area contributed by atoms with Gasteiger partial charge in [0, 0.05) is 18.5 Å². The van der Waals surface area contributed by atoms with Gasteiger partial charge in [-0.2, -0.15) is 0 Å². The molecular formula is C10H21N3O. The highest BCUT2D eigenvalue weighted by Gasteiger charge is 2.25. The van der Waals surface area contributed by atoms with Crippen molar-refractivity contribution in [2.24, 2.45) is 5.73 Å². The first kappa shape index (κ1) is 11.5. The maximum Gasteiger partial charge on any atom is 0.0920 e. The van der Waals surface area contributed by atoms with Crippen molar-refractivity contribution in [3.8, 4) is 0 Å². The van der Waals surface area contributed by atoms with Crippen molar-refractivity contribution in [2.45, 2.75) is 44.7 Å². The second-order valence-electron chi connectivity index (χ2n) is 4.15. The Morgan fingerprint density at radius 2 is 2.36 bits per heavy atom. The Morgan fingerprint density at radius 3 is 2.93 bits per heavy atom. The summed E-state index contributed by atoms with van der Waals surface area (Å²) < 4.78 is 0. The van der Waals surface area contributed by atoms with E-state index in [1.165, 1.54) is 12.8 Å². The fourth-order valence-corrected chi connectivity index (χ4v) is 2.23. The lowest BCUT2D eigenvalue weighted by atomic mass is 9.99. The molecule has 4 nitrogen and oxygen atoms in total. The van der Waals surface area contributed by atoms with Crippen LogP contribution in [-0.4, -0.2) is 41.1 Å². The van der Waals surface area contributed by atoms with Crippen molar-refractivity contribution in [1.82, 2.24) is 4.90 Å². The van der Waals surface area contributed by atoms with Gasteiger partial charge in [0.05, 0.1) is 12.4 Å². The molecule has 2 atom stereocenters. The van der Waals surface area contributed by atoms with Gasteiger partial charge in [-0.1, -0.05) is 6.42 Å². The van der Waals surface area contributed by atoms with E-state index in [4.69, 9.17) is 11.1 Å². The van der Waals surface area contributed by atoms with Crippen LogP contribution in [0.5, 0.6) is 0 Å². The van der Waals surface area contributed by atoms with Crippen LogP contribution in [0, 0.1) is 5.41 Å². The minimum atomic E-state index is 0.224. The summed E-state index contributed by atoms with van der Waals surface area (Å²) in [6.45, 7) is 3.33. The Hall–Kier alpha value is -0.610. The standard InChI is InChI=1S/C10H21N3O/c1-8(6-10(11)12)13-5-3-2-4-9(13)7-14/h8-9,14H,2-7H2,1H3,(H3,11,12). The Balaban J connectivity index is 2.49. The van der Waals surface area contributed by atoms with Crippen molar-refractivity contribution < 1.29 is 5.11 Å². The third-order valence-electron chi connectivity index (χ3n) is 2.96. The zero-order valence-corrected chi connectivity index (χ0v) is 8.87. The van der Waals surface area contributed by atoms with E-state index in [1.54, 1.807) is 0 Å². The van der Waals surface area contributed by atoms with E-state index in [0.717, 1.165) is 13.0 Å². The Labute approximate surface area is 85.6 Å². The van der Waals surface area contributed by atoms with Gasteiger partial charge in [-0.3, -0.25) is 10.3 Å². The van der Waals surface area contributed by atoms with Crippen LogP contribution >= 0.6 is 0 Å². The summed E-state index contributed by atoms with van der Waals surface area (Å²) in [6, 6.07) is 0.558. The average molecular weight is 199 g/mol. The number of hydrogen-bond acceptors (Lipinski definition) is 3. The molecule has 14 heavy (non-hydrogen) atoms. The highest BCUT2D eigenvalue weighted by Crippen LogP contribution is 2.20. The molecule has 4 N–H and O–H groups in total. The Kier molecular flexibility index (Phi) is 4.35. The fraction of sp³-hybridized carbons (Fsp3) is 0.900. The number of nitrogens with zero attached hydrogens (tertiary/aromatic N) is 1. The maximum atomic E-state index is 9.22. The monoisotopic (exact) mass is 199 g/mol. The zero-order valence-electron chi connectivity index (χ0n) is 8.87. The second kappa shape index (κ2) is 5.32. The number of likely N-dealkylation sites (tertiary alicyclic amines) is 1. The highest BCUT2D eigenvalue weighted by molar-refractivity contribution is 5.77. The minimum absolute atomic E-state index is 0.224. The first-order valence-corrected chi connectivity index (χ1v) is 5.34. The van der Waals surface area contributed by atoms with Crippen LogP contribution in [0.25, 0.3) is 0 Å². The summed E-state index contributed by atoms with van der Waals surface area (Å²) in [7, 11) is 0. The molecule has 0 saturated carbocycles. The lowest BCUT2D eigenvalue weighted by molar-refractivity contribution is 0.0613. The summed E-state index contributed by atoms with van der Waals surface area (Å²) in [6.07, 6.45) is 4.07. The molecule has 1 aliphatic heterocycles. The SMILES string of the molecule is CC(CC(=N)N)N1CCCCC1CO. The van der Waals surface area contributed by atoms with Crippen molar-refractivity contribution >= 4 is 5.84 Å². The van der Waals surface area contributed by atoms with Crippen molar-refractivity contribution in [1.29, 1.82) is 5.41 Å². The normalized spacial score (nSPS) is 26.0. The van der Waals surface area contributed by atoms with Crippen LogP contribution in [0.3, 0.4) is 0 Å². The van der Waals surface area contributed by atoms with E-state index in [9.17, 15) is 5.11 Å². The van der Waals surface area contributed by atoms with Gasteiger partial charge in [0.2, 0.25) is 0 Å². The van der Waals surface area contributed by atoms with Crippen molar-refractivity contribution in [2.75, 3.05) is 13.2 Å². The van der Waals surface area contributed by atoms with Gasteiger partial charge < -0.3 is 10.8 Å². The summed E-state index contributed by atoms with van der Waals surface area (Å²) in [5.74, 6) is 0.236. The largest absolute Gasteiger partial charge is 0.395 e. The van der Waals surface area contributed by atoms with Gasteiger partial charge in [-0.25, -0.2) is 0 Å². The Morgan fingerprint density at radius 1 is 1.64 bits per heavy atom. The van der Waals surface area contributed by atoms with Gasteiger partial charge in [0.25, 0.3) is 0 Å². The molecule has 1 heterocycles. The van der Waals surface area contributed by atoms with Crippen LogP contribution < -0.4 is 5.73 Å². The molecule has 82 valence electrons. The van der Waals surface area contributed by atoms with E-state index >= 15 is 0 Å². The molecule has 1 saturated heterocycles. The number of nitrogens with two attached hydrogens (primary N) is 1. The van der Waals surface area contributed by atoms with E-state index < -0.39 is 0 Å². The number of piperidine rings is 1. The van der Waals surface area contributed by atoms with Crippen molar-refractivity contribution in [3.05, 3.63) is 0 Å². The van der Waals surface area contributed by atoms with Crippen LogP contribution in [0.15, 0.2) is 0 Å². The lowest BCUT2D eigenvalue weighted by Gasteiger charge is -2.38. The number of nitrogens with one attached hydrogen (secondary N) is 1. The second-order valence-corrected chi connectivity index (χ2v) is 4.15. The van der Waals surface area contributed by atoms with Crippen LogP contribution in [0.2, 0.25) is 0 Å². The number of amidine groups is 1. The molecule has 0 aromatic rings. The molecule has 0 bridgehead atoms. The molecule has 0 aliphatic carbocycles. The number of aliphatic hydroxyl groups is 1. The highest BCUT2D eigenvalue weighted by atomic mass is 16.3. The molecule has 2 unspecified atom stereocenters. The van der Waals surface area contributed by atoms with E-state index in [2.05, 4.69) is 11.8 Å². The quantitative estimate of drug-likeness (QED) is 0.457. The van der Waals surface area contributed by atoms with E-state index in [1.807, 2.05) is 0 Å². The predicted molar refractivity (Wildman–Crippen MR) is 57.4 cm³/mol. The summed E-state index contributed by atoms with van der Waals surface area (Å²) >= 11 is 0. The fourth-order valence-electron chi connectivity index (χ4n) is 2.23. The number of aliphatic hydroxyl groups excluding tert-OH is 1. The molecule has 1 aliphatic rings. The summed E-state index contributed by atoms with van der Waals surface area (Å²) in [4.78, 5) is 2.28. The third-order valence-corrected chi connectivity index (χ3v) is 2.96. The molecule has 4 heteroatoms. The Bertz CT molecular complexity index is 196.